The first-order valence-electron chi connectivity index (χ1n) is 17.3. The van der Waals surface area contributed by atoms with E-state index >= 15 is 0 Å². The molecule has 4 amide bonds. The van der Waals surface area contributed by atoms with Gasteiger partial charge in [-0.05, 0) is 89.5 Å². The second kappa shape index (κ2) is 31.7. The Bertz CT molecular complexity index is 2990. The van der Waals surface area contributed by atoms with Crippen LogP contribution in [0.4, 0.5) is 22.7 Å². The van der Waals surface area contributed by atoms with Gasteiger partial charge in [0.1, 0.15) is 9.79 Å². The van der Waals surface area contributed by atoms with Crippen LogP contribution in [0, 0.1) is 0 Å². The van der Waals surface area contributed by atoms with Gasteiger partial charge in [-0.1, -0.05) is 88.0 Å². The van der Waals surface area contributed by atoms with Gasteiger partial charge in [0, 0.05) is 16.9 Å². The molecule has 0 aliphatic rings. The second-order valence-electron chi connectivity index (χ2n) is 11.4. The van der Waals surface area contributed by atoms with Crippen molar-refractivity contribution in [2.24, 2.45) is 0 Å². The highest BCUT2D eigenvalue weighted by atomic mass is 32.2. The van der Waals surface area contributed by atoms with Gasteiger partial charge in [0.25, 0.3) is 20.2 Å². The van der Waals surface area contributed by atoms with Crippen molar-refractivity contribution in [3.8, 4) is 11.1 Å². The minimum atomic E-state index is -4.54. The molecule has 4 aromatic carbocycles. The molecule has 0 spiro atoms. The molecular formula is C40H38N4O19S5. The molecule has 0 aliphatic carbocycles. The topological polar surface area (TPSA) is 379 Å². The summed E-state index contributed by atoms with van der Waals surface area (Å²) in [5.41, 5.74) is 3.60. The molecule has 0 saturated heterocycles. The maximum absolute atomic E-state index is 11.7. The first-order valence-corrected chi connectivity index (χ1v) is 23.2. The van der Waals surface area contributed by atoms with Gasteiger partial charge in [0.05, 0.1) is 11.4 Å². The van der Waals surface area contributed by atoms with Gasteiger partial charge >= 0.3 is 31.8 Å². The number of anilines is 4. The first-order chi connectivity index (χ1) is 31.6. The third kappa shape index (κ3) is 27.3. The van der Waals surface area contributed by atoms with Crippen LogP contribution in [0.2, 0.25) is 0 Å². The van der Waals surface area contributed by atoms with E-state index in [0.29, 0.717) is 28.2 Å². The largest absolute Gasteiger partial charge is 0.425 e. The van der Waals surface area contributed by atoms with Gasteiger partial charge in [-0.2, -0.15) is 16.8 Å². The molecular weight excluding hydrogens is 1000 g/mol. The molecule has 0 aliphatic heterocycles. The van der Waals surface area contributed by atoms with Gasteiger partial charge in [0.2, 0.25) is 23.6 Å². The number of hydrogen-bond acceptors (Lipinski definition) is 17. The summed E-state index contributed by atoms with van der Waals surface area (Å²) in [4.78, 5) is 44.4. The van der Waals surface area contributed by atoms with E-state index in [2.05, 4.69) is 60.7 Å². The fourth-order valence-corrected chi connectivity index (χ4v) is 5.75. The smallest absolute Gasteiger partial charge is 0.323 e. The number of benzene rings is 4. The van der Waals surface area contributed by atoms with Crippen molar-refractivity contribution in [3.05, 3.63) is 160 Å². The lowest BCUT2D eigenvalue weighted by Gasteiger charge is -2.11. The molecule has 68 heavy (non-hydrogen) atoms. The minimum absolute atomic E-state index is 0.141. The Labute approximate surface area is 393 Å². The number of nitrogens with one attached hydrogen (secondary N) is 4. The van der Waals surface area contributed by atoms with Crippen LogP contribution in [0.15, 0.2) is 158 Å². The van der Waals surface area contributed by atoms with Crippen LogP contribution >= 0.6 is 0 Å². The van der Waals surface area contributed by atoms with Crippen molar-refractivity contribution in [3.63, 3.8) is 0 Å². The van der Waals surface area contributed by atoms with E-state index in [1.807, 2.05) is 0 Å². The van der Waals surface area contributed by atoms with Crippen LogP contribution in [-0.2, 0) is 71.2 Å². The van der Waals surface area contributed by atoms with Crippen molar-refractivity contribution in [2.45, 2.75) is 9.79 Å². The minimum Gasteiger partial charge on any atom is -0.323 e. The Balaban J connectivity index is 0. The maximum atomic E-state index is 11.7. The number of amides is 4. The molecule has 362 valence electrons. The number of carbonyl (C=O) groups is 4. The summed E-state index contributed by atoms with van der Waals surface area (Å²) in [5, 5.41) is 10.2. The highest BCUT2D eigenvalue weighted by Gasteiger charge is 2.18. The molecule has 28 heteroatoms. The molecule has 0 fully saturated rings. The summed E-state index contributed by atoms with van der Waals surface area (Å²) < 4.78 is 140. The highest BCUT2D eigenvalue weighted by molar-refractivity contribution is 7.86. The second-order valence-corrected chi connectivity index (χ2v) is 15.4. The lowest BCUT2D eigenvalue weighted by molar-refractivity contribution is -0.112. The molecule has 0 radical (unpaired) electrons. The van der Waals surface area contributed by atoms with Crippen LogP contribution in [0.25, 0.3) is 23.3 Å². The van der Waals surface area contributed by atoms with Gasteiger partial charge in [-0.15, -0.1) is 37.9 Å². The van der Waals surface area contributed by atoms with Gasteiger partial charge in [-0.25, -0.2) is 0 Å². The molecule has 23 nitrogen and oxygen atoms in total. The monoisotopic (exact) mass is 1040 g/mol. The van der Waals surface area contributed by atoms with Gasteiger partial charge < -0.3 is 21.3 Å². The number of rotatable bonds is 13. The third-order valence-electron chi connectivity index (χ3n) is 6.94. The molecule has 4 aromatic rings. The van der Waals surface area contributed by atoms with Crippen molar-refractivity contribution >= 4 is 111 Å². The molecule has 0 unspecified atom stereocenters. The molecule has 0 heterocycles. The van der Waals surface area contributed by atoms with Crippen molar-refractivity contribution in [2.75, 3.05) is 21.3 Å². The van der Waals surface area contributed by atoms with E-state index in [1.54, 1.807) is 66.7 Å². The van der Waals surface area contributed by atoms with Crippen molar-refractivity contribution < 1.29 is 83.0 Å². The standard InChI is InChI=1S/C18H16N2O5S.C12H12N2O2.C10H10O3S.3O3S/c1-3-17(21)19-13-7-5-12(6-8-13)15-10-9-14(20-18(22)4-2)11-16(15)26(23,24)25;1-3-11(15)13-9-7-5-6-8-10(9)14-12(16)4-2;1-3-8-5-6-10(14(11,12)13)9(4-2)7-8;3*1-4(2)3/h3-11H,1-2H2,(H,19,21)(H,20,22)(H,23,24,25);3-8H,1-2H2,(H,13,15)(H,14,16);3-7H,1-2H2,(H,11,12,13);;;. The Morgan fingerprint density at radius 3 is 1.18 bits per heavy atom. The molecule has 0 bridgehead atoms. The summed E-state index contributed by atoms with van der Waals surface area (Å²) in [6, 6.07) is 21.8. The van der Waals surface area contributed by atoms with Crippen LogP contribution in [0.1, 0.15) is 11.1 Å². The molecule has 0 aromatic heterocycles. The van der Waals surface area contributed by atoms with Crippen LogP contribution in [-0.4, -0.2) is 87.4 Å². The van der Waals surface area contributed by atoms with E-state index < -0.39 is 58.0 Å². The Hall–Kier alpha value is -8.12. The fourth-order valence-electron chi connectivity index (χ4n) is 4.33. The van der Waals surface area contributed by atoms with E-state index in [9.17, 15) is 40.6 Å². The lowest BCUT2D eigenvalue weighted by atomic mass is 10.0. The van der Waals surface area contributed by atoms with E-state index in [-0.39, 0.29) is 38.8 Å². The average molecular weight is 1040 g/mol. The van der Waals surface area contributed by atoms with Crippen molar-refractivity contribution in [1.82, 2.24) is 0 Å². The maximum Gasteiger partial charge on any atom is 0.425 e. The Kier molecular flexibility index (Phi) is 28.9. The normalized spacial score (nSPS) is 9.50. The summed E-state index contributed by atoms with van der Waals surface area (Å²) >= 11 is 0. The zero-order valence-corrected chi connectivity index (χ0v) is 38.7. The van der Waals surface area contributed by atoms with Crippen LogP contribution < -0.4 is 21.3 Å². The van der Waals surface area contributed by atoms with Crippen molar-refractivity contribution in [1.29, 1.82) is 0 Å². The SMILES string of the molecule is C=CC(=O)Nc1ccc(-c2ccc(NC(=O)C=C)cc2S(=O)(=O)O)cc1.C=CC(=O)Nc1ccccc1NC(=O)C=C.C=Cc1ccc(S(=O)(=O)O)c(C=C)c1.O=S(=O)=O.O=S(=O)=O.O=S(=O)=O. The van der Waals surface area contributed by atoms with E-state index in [1.165, 1.54) is 24.3 Å². The number of carbonyl (C=O) groups excluding carboxylic acids is 4. The first kappa shape index (κ1) is 62.0. The molecule has 0 saturated carbocycles. The molecule has 4 rings (SSSR count). The van der Waals surface area contributed by atoms with Gasteiger partial charge in [-0.3, -0.25) is 28.3 Å². The van der Waals surface area contributed by atoms with Gasteiger partial charge in [0.15, 0.2) is 0 Å². The molecule has 0 atom stereocenters. The summed E-state index contributed by atoms with van der Waals surface area (Å²) in [6.07, 6.45) is 7.44. The Morgan fingerprint density at radius 1 is 0.456 bits per heavy atom. The Morgan fingerprint density at radius 2 is 0.824 bits per heavy atom. The summed E-state index contributed by atoms with van der Waals surface area (Å²) in [5.74, 6) is -1.55. The van der Waals surface area contributed by atoms with E-state index in [4.69, 9.17) is 42.4 Å². The zero-order chi connectivity index (χ0) is 52.8. The summed E-state index contributed by atoms with van der Waals surface area (Å²) in [6.45, 7) is 20.4. The van der Waals surface area contributed by atoms with Crippen LogP contribution in [0.5, 0.6) is 0 Å². The quantitative estimate of drug-likeness (QED) is 0.0814. The number of hydrogen-bond donors (Lipinski definition) is 6. The predicted octanol–water partition coefficient (Wildman–Crippen LogP) is 3.99. The molecule has 6 N–H and O–H groups in total. The third-order valence-corrected chi connectivity index (χ3v) is 8.76. The van der Waals surface area contributed by atoms with Crippen LogP contribution in [0.3, 0.4) is 0 Å². The fraction of sp³-hybridized carbons (Fsp3) is 0. The predicted molar refractivity (Wildman–Crippen MR) is 249 cm³/mol. The zero-order valence-electron chi connectivity index (χ0n) is 34.7. The highest BCUT2D eigenvalue weighted by Crippen LogP contribution is 2.31. The number of para-hydroxylation sites is 2. The summed E-state index contributed by atoms with van der Waals surface area (Å²) in [7, 11) is -18.0. The van der Waals surface area contributed by atoms with E-state index in [0.717, 1.165) is 35.9 Å². The average Bonchev–Trinajstić information content (AvgIpc) is 3.26. The lowest BCUT2D eigenvalue weighted by Crippen LogP contribution is -2.13.